The molecule has 0 unspecified atom stereocenters. The molecule has 1 N–H and O–H groups in total. The predicted octanol–water partition coefficient (Wildman–Crippen LogP) is 4.18. The van der Waals surface area contributed by atoms with E-state index >= 15 is 0 Å². The average Bonchev–Trinajstić information content (AvgIpc) is 3.46. The molecule has 172 valence electrons. The zero-order valence-corrected chi connectivity index (χ0v) is 18.7. The Morgan fingerprint density at radius 1 is 1.06 bits per heavy atom. The molecule has 34 heavy (non-hydrogen) atoms. The van der Waals surface area contributed by atoms with Gasteiger partial charge in [-0.25, -0.2) is 4.79 Å². The van der Waals surface area contributed by atoms with Crippen LogP contribution in [0.3, 0.4) is 0 Å². The molecule has 1 aromatic heterocycles. The van der Waals surface area contributed by atoms with Crippen molar-refractivity contribution in [3.63, 3.8) is 0 Å². The maximum absolute atomic E-state index is 12.7. The van der Waals surface area contributed by atoms with E-state index in [4.69, 9.17) is 13.9 Å². The van der Waals surface area contributed by atoms with Gasteiger partial charge in [-0.15, -0.1) is 0 Å². The summed E-state index contributed by atoms with van der Waals surface area (Å²) in [6.45, 7) is -0.401. The summed E-state index contributed by atoms with van der Waals surface area (Å²) in [5.41, 5.74) is 1.10. The fraction of sp³-hybridized carbons (Fsp3) is 0.0833. The Bertz CT molecular complexity index is 1270. The van der Waals surface area contributed by atoms with E-state index in [9.17, 15) is 19.2 Å². The van der Waals surface area contributed by atoms with E-state index in [2.05, 4.69) is 5.32 Å². The van der Waals surface area contributed by atoms with Gasteiger partial charge in [-0.3, -0.25) is 19.3 Å². The van der Waals surface area contributed by atoms with Crippen molar-refractivity contribution in [3.8, 4) is 11.5 Å². The number of esters is 1. The van der Waals surface area contributed by atoms with E-state index in [0.717, 1.165) is 16.7 Å². The summed E-state index contributed by atoms with van der Waals surface area (Å²) in [6, 6.07) is 16.4. The highest BCUT2D eigenvalue weighted by Crippen LogP contribution is 2.34. The van der Waals surface area contributed by atoms with Crippen LogP contribution >= 0.6 is 11.8 Å². The van der Waals surface area contributed by atoms with Crippen LogP contribution in [0.25, 0.3) is 6.08 Å². The number of nitrogens with zero attached hydrogens (tertiary/aromatic N) is 1. The number of rotatable bonds is 7. The predicted molar refractivity (Wildman–Crippen MR) is 124 cm³/mol. The van der Waals surface area contributed by atoms with E-state index in [1.807, 2.05) is 6.07 Å². The van der Waals surface area contributed by atoms with Crippen molar-refractivity contribution in [2.45, 2.75) is 0 Å². The first kappa shape index (κ1) is 22.9. The molecule has 0 bridgehead atoms. The number of thioether (sulfide) groups is 1. The minimum atomic E-state index is -0.689. The zero-order chi connectivity index (χ0) is 24.1. The molecule has 3 aromatic rings. The summed E-state index contributed by atoms with van der Waals surface area (Å²) in [4.78, 5) is 50.5. The van der Waals surface area contributed by atoms with E-state index < -0.39 is 29.6 Å². The Balaban J connectivity index is 1.46. The summed E-state index contributed by atoms with van der Waals surface area (Å²) in [6.07, 6.45) is 2.86. The highest BCUT2D eigenvalue weighted by molar-refractivity contribution is 8.18. The molecule has 0 spiro atoms. The number of amides is 3. The Labute approximate surface area is 198 Å². The smallest absolute Gasteiger partial charge is 0.379 e. The van der Waals surface area contributed by atoms with Crippen molar-refractivity contribution in [3.05, 3.63) is 83.2 Å². The minimum Gasteiger partial charge on any atom is -0.493 e. The number of ether oxygens (including phenoxy) is 2. The summed E-state index contributed by atoms with van der Waals surface area (Å²) in [5, 5.41) is 2.10. The molecule has 1 saturated heterocycles. The largest absolute Gasteiger partial charge is 0.493 e. The van der Waals surface area contributed by atoms with Gasteiger partial charge in [-0.2, -0.15) is 0 Å². The third-order valence-corrected chi connectivity index (χ3v) is 5.55. The second-order valence-electron chi connectivity index (χ2n) is 6.96. The monoisotopic (exact) mass is 478 g/mol. The van der Waals surface area contributed by atoms with E-state index in [1.54, 1.807) is 42.5 Å². The highest BCUT2D eigenvalue weighted by atomic mass is 32.2. The highest BCUT2D eigenvalue weighted by Gasteiger charge is 2.36. The Morgan fingerprint density at radius 3 is 2.56 bits per heavy atom. The van der Waals surface area contributed by atoms with Gasteiger partial charge in [0.15, 0.2) is 11.5 Å². The van der Waals surface area contributed by atoms with Crippen LogP contribution in [0.1, 0.15) is 16.1 Å². The van der Waals surface area contributed by atoms with Crippen molar-refractivity contribution in [1.82, 2.24) is 4.90 Å². The van der Waals surface area contributed by atoms with Crippen LogP contribution in [0.5, 0.6) is 11.5 Å². The van der Waals surface area contributed by atoms with Crippen LogP contribution in [0.2, 0.25) is 0 Å². The molecule has 4 rings (SSSR count). The molecule has 0 saturated carbocycles. The first-order chi connectivity index (χ1) is 16.4. The Kier molecular flexibility index (Phi) is 6.79. The second kappa shape index (κ2) is 10.1. The number of furan rings is 1. The molecule has 1 aliphatic heterocycles. The fourth-order valence-corrected chi connectivity index (χ4v) is 3.89. The SMILES string of the molecule is COc1cc(/C=C2\SC(=O)N(CC(=O)Nc3ccccc3)C2=O)ccc1OC(=O)c1ccco1. The summed E-state index contributed by atoms with van der Waals surface area (Å²) in [7, 11) is 1.41. The van der Waals surface area contributed by atoms with E-state index in [0.29, 0.717) is 11.3 Å². The molecule has 10 heteroatoms. The quantitative estimate of drug-likeness (QED) is 0.306. The molecular formula is C24H18N2O7S. The number of nitrogens with one attached hydrogen (secondary N) is 1. The molecule has 0 radical (unpaired) electrons. The number of hydrogen-bond donors (Lipinski definition) is 1. The first-order valence-corrected chi connectivity index (χ1v) is 10.8. The first-order valence-electron chi connectivity index (χ1n) is 9.98. The molecule has 9 nitrogen and oxygen atoms in total. The van der Waals surface area contributed by atoms with Crippen LogP contribution in [0.15, 0.2) is 76.2 Å². The standard InChI is InChI=1S/C24H18N2O7S/c1-31-19-12-15(9-10-17(19)33-23(29)18-8-5-11-32-18)13-20-22(28)26(24(30)34-20)14-21(27)25-16-6-3-2-4-7-16/h2-13H,14H2,1H3,(H,25,27)/b20-13-. The van der Waals surface area contributed by atoms with Gasteiger partial charge in [-0.05, 0) is 59.8 Å². The zero-order valence-electron chi connectivity index (χ0n) is 17.8. The van der Waals surface area contributed by atoms with Gasteiger partial charge in [0.05, 0.1) is 18.3 Å². The molecule has 2 aromatic carbocycles. The third kappa shape index (κ3) is 5.18. The van der Waals surface area contributed by atoms with Crippen molar-refractivity contribution < 1.29 is 33.1 Å². The number of methoxy groups -OCH3 is 1. The van der Waals surface area contributed by atoms with Crippen molar-refractivity contribution >= 4 is 46.5 Å². The second-order valence-corrected chi connectivity index (χ2v) is 7.95. The maximum Gasteiger partial charge on any atom is 0.379 e. The molecular weight excluding hydrogens is 460 g/mol. The number of benzene rings is 2. The number of carbonyl (C=O) groups excluding carboxylic acids is 4. The molecule has 2 heterocycles. The van der Waals surface area contributed by atoms with Gasteiger partial charge in [0.1, 0.15) is 6.54 Å². The lowest BCUT2D eigenvalue weighted by Gasteiger charge is -2.12. The van der Waals surface area contributed by atoms with Crippen LogP contribution in [0, 0.1) is 0 Å². The Hall–Kier alpha value is -4.31. The molecule has 0 aliphatic carbocycles. The van der Waals surface area contributed by atoms with Gasteiger partial charge in [0.2, 0.25) is 11.7 Å². The van der Waals surface area contributed by atoms with Gasteiger partial charge < -0.3 is 19.2 Å². The number of hydrogen-bond acceptors (Lipinski definition) is 8. The minimum absolute atomic E-state index is 0.0381. The number of anilines is 1. The summed E-state index contributed by atoms with van der Waals surface area (Å²) < 4.78 is 15.6. The molecule has 1 aliphatic rings. The molecule has 3 amide bonds. The van der Waals surface area contributed by atoms with Crippen LogP contribution in [0.4, 0.5) is 10.5 Å². The van der Waals surface area contributed by atoms with Crippen molar-refractivity contribution in [2.75, 3.05) is 19.0 Å². The molecule has 1 fully saturated rings. The van der Waals surface area contributed by atoms with Crippen molar-refractivity contribution in [1.29, 1.82) is 0 Å². The Morgan fingerprint density at radius 2 is 1.85 bits per heavy atom. The van der Waals surface area contributed by atoms with Gasteiger partial charge in [-0.1, -0.05) is 24.3 Å². The lowest BCUT2D eigenvalue weighted by Crippen LogP contribution is -2.36. The summed E-state index contributed by atoms with van der Waals surface area (Å²) in [5.74, 6) is -1.31. The normalized spacial score (nSPS) is 14.4. The van der Waals surface area contributed by atoms with Crippen molar-refractivity contribution in [2.24, 2.45) is 0 Å². The maximum atomic E-state index is 12.7. The van der Waals surface area contributed by atoms with E-state index in [1.165, 1.54) is 31.6 Å². The number of imide groups is 1. The van der Waals surface area contributed by atoms with Crippen LogP contribution in [-0.2, 0) is 9.59 Å². The molecule has 0 atom stereocenters. The summed E-state index contributed by atoms with van der Waals surface area (Å²) >= 11 is 0.731. The van der Waals surface area contributed by atoms with Gasteiger partial charge in [0, 0.05) is 5.69 Å². The fourth-order valence-electron chi connectivity index (χ4n) is 3.06. The topological polar surface area (TPSA) is 115 Å². The van der Waals surface area contributed by atoms with E-state index in [-0.39, 0.29) is 22.2 Å². The lowest BCUT2D eigenvalue weighted by molar-refractivity contribution is -0.127. The lowest BCUT2D eigenvalue weighted by atomic mass is 10.2. The van der Waals surface area contributed by atoms with Crippen LogP contribution < -0.4 is 14.8 Å². The average molecular weight is 478 g/mol. The third-order valence-electron chi connectivity index (χ3n) is 4.64. The number of carbonyl (C=O) groups is 4. The number of para-hydroxylation sites is 1. The van der Waals surface area contributed by atoms with Gasteiger partial charge >= 0.3 is 5.97 Å². The van der Waals surface area contributed by atoms with Gasteiger partial charge in [0.25, 0.3) is 11.1 Å². The van der Waals surface area contributed by atoms with Crippen LogP contribution in [-0.4, -0.2) is 41.6 Å².